The molecule has 0 saturated heterocycles. The maximum Gasteiger partial charge on any atom is 0.416 e. The molecule has 2 nitrogen and oxygen atoms in total. The molecule has 0 bridgehead atoms. The van der Waals surface area contributed by atoms with Crippen LogP contribution in [-0.4, -0.2) is 12.6 Å². The number of hydrogen-bond acceptors (Lipinski definition) is 2. The fraction of sp³-hybridized carbons (Fsp3) is 0.600. The van der Waals surface area contributed by atoms with Gasteiger partial charge in [0.05, 0.1) is 12.2 Å². The topological polar surface area (TPSA) is 35.2 Å². The molecule has 2 N–H and O–H groups in total. The van der Waals surface area contributed by atoms with E-state index < -0.39 is 11.7 Å². The van der Waals surface area contributed by atoms with Crippen LogP contribution in [0.5, 0.6) is 5.75 Å². The maximum atomic E-state index is 12.8. The van der Waals surface area contributed by atoms with Crippen molar-refractivity contribution in [1.29, 1.82) is 0 Å². The molecule has 0 saturated carbocycles. The lowest BCUT2D eigenvalue weighted by atomic mass is 9.92. The summed E-state index contributed by atoms with van der Waals surface area (Å²) >= 11 is 0. The van der Waals surface area contributed by atoms with Crippen molar-refractivity contribution in [3.63, 3.8) is 0 Å². The minimum absolute atomic E-state index is 0.0233. The number of ether oxygens (including phenoxy) is 1. The molecule has 0 spiro atoms. The Morgan fingerprint density at radius 2 is 1.85 bits per heavy atom. The quantitative estimate of drug-likeness (QED) is 0.845. The summed E-state index contributed by atoms with van der Waals surface area (Å²) in [6.07, 6.45) is -2.83. The van der Waals surface area contributed by atoms with E-state index in [9.17, 15) is 13.2 Å². The zero-order chi connectivity index (χ0) is 15.3. The fourth-order valence-electron chi connectivity index (χ4n) is 2.07. The minimum atomic E-state index is -4.33. The highest BCUT2D eigenvalue weighted by atomic mass is 19.4. The van der Waals surface area contributed by atoms with E-state index in [1.54, 1.807) is 0 Å². The molecule has 0 radical (unpaired) electrons. The van der Waals surface area contributed by atoms with Crippen molar-refractivity contribution in [2.75, 3.05) is 6.61 Å². The van der Waals surface area contributed by atoms with Crippen molar-refractivity contribution in [1.82, 2.24) is 0 Å². The van der Waals surface area contributed by atoms with Crippen LogP contribution in [0.3, 0.4) is 0 Å². The van der Waals surface area contributed by atoms with Crippen LogP contribution in [-0.2, 0) is 6.18 Å². The molecule has 1 aromatic rings. The van der Waals surface area contributed by atoms with Crippen LogP contribution in [0.25, 0.3) is 0 Å². The number of benzene rings is 1. The van der Waals surface area contributed by atoms with Crippen molar-refractivity contribution >= 4 is 0 Å². The van der Waals surface area contributed by atoms with E-state index in [1.165, 1.54) is 12.1 Å². The van der Waals surface area contributed by atoms with Crippen molar-refractivity contribution in [2.45, 2.75) is 51.7 Å². The molecule has 0 aliphatic carbocycles. The molecule has 5 heteroatoms. The van der Waals surface area contributed by atoms with Gasteiger partial charge in [-0.15, -0.1) is 0 Å². The summed E-state index contributed by atoms with van der Waals surface area (Å²) in [5.41, 5.74) is 5.67. The summed E-state index contributed by atoms with van der Waals surface area (Å²) in [7, 11) is 0. The van der Waals surface area contributed by atoms with E-state index >= 15 is 0 Å². The number of alkyl halides is 3. The zero-order valence-corrected chi connectivity index (χ0v) is 12.1. The molecular weight excluding hydrogens is 267 g/mol. The van der Waals surface area contributed by atoms with Gasteiger partial charge >= 0.3 is 6.18 Å². The van der Waals surface area contributed by atoms with Gasteiger partial charge in [0.25, 0.3) is 0 Å². The molecule has 0 aromatic heterocycles. The van der Waals surface area contributed by atoms with Gasteiger partial charge in [-0.3, -0.25) is 0 Å². The molecule has 1 rings (SSSR count). The first-order valence-electron chi connectivity index (χ1n) is 6.85. The Balaban J connectivity index is 3.04. The molecule has 2 atom stereocenters. The molecule has 0 heterocycles. The lowest BCUT2D eigenvalue weighted by Crippen LogP contribution is -2.15. The molecule has 114 valence electrons. The van der Waals surface area contributed by atoms with E-state index in [1.807, 2.05) is 20.8 Å². The zero-order valence-electron chi connectivity index (χ0n) is 12.1. The van der Waals surface area contributed by atoms with Gasteiger partial charge in [0, 0.05) is 6.04 Å². The molecule has 2 unspecified atom stereocenters. The largest absolute Gasteiger partial charge is 0.494 e. The Hall–Kier alpha value is -1.23. The Bertz CT molecular complexity index is 430. The van der Waals surface area contributed by atoms with Crippen molar-refractivity contribution < 1.29 is 17.9 Å². The van der Waals surface area contributed by atoms with Gasteiger partial charge in [-0.1, -0.05) is 6.92 Å². The predicted octanol–water partition coefficient (Wildman–Crippen LogP) is 4.34. The van der Waals surface area contributed by atoms with Gasteiger partial charge < -0.3 is 10.5 Å². The fourth-order valence-corrected chi connectivity index (χ4v) is 2.07. The molecule has 0 aliphatic heterocycles. The Morgan fingerprint density at radius 1 is 1.20 bits per heavy atom. The van der Waals surface area contributed by atoms with Gasteiger partial charge in [0.15, 0.2) is 0 Å². The SMILES string of the molecule is CCOc1ccc(C(F)(F)F)cc1C(C)CCC(C)N. The summed E-state index contributed by atoms with van der Waals surface area (Å²) in [6.45, 7) is 6.04. The Labute approximate surface area is 118 Å². The number of halogens is 3. The van der Waals surface area contributed by atoms with Gasteiger partial charge in [0.2, 0.25) is 0 Å². The second-order valence-electron chi connectivity index (χ2n) is 5.14. The van der Waals surface area contributed by atoms with Crippen LogP contribution in [0.4, 0.5) is 13.2 Å². The second-order valence-corrected chi connectivity index (χ2v) is 5.14. The summed E-state index contributed by atoms with van der Waals surface area (Å²) < 4.78 is 43.8. The monoisotopic (exact) mass is 289 g/mol. The lowest BCUT2D eigenvalue weighted by Gasteiger charge is -2.19. The lowest BCUT2D eigenvalue weighted by molar-refractivity contribution is -0.137. The highest BCUT2D eigenvalue weighted by Crippen LogP contribution is 2.36. The smallest absolute Gasteiger partial charge is 0.416 e. The van der Waals surface area contributed by atoms with E-state index in [0.717, 1.165) is 18.9 Å². The van der Waals surface area contributed by atoms with E-state index in [-0.39, 0.29) is 12.0 Å². The number of hydrogen-bond donors (Lipinski definition) is 1. The van der Waals surface area contributed by atoms with Crippen molar-refractivity contribution in [3.8, 4) is 5.75 Å². The molecule has 20 heavy (non-hydrogen) atoms. The van der Waals surface area contributed by atoms with Gasteiger partial charge in [-0.2, -0.15) is 13.2 Å². The highest BCUT2D eigenvalue weighted by Gasteiger charge is 2.31. The standard InChI is InChI=1S/C15H22F3NO/c1-4-20-14-8-7-12(15(16,17)18)9-13(14)10(2)5-6-11(3)19/h7-11H,4-6,19H2,1-3H3. The summed E-state index contributed by atoms with van der Waals surface area (Å²) in [5, 5.41) is 0. The van der Waals surface area contributed by atoms with E-state index in [4.69, 9.17) is 10.5 Å². The summed E-state index contributed by atoms with van der Waals surface area (Å²) in [4.78, 5) is 0. The normalized spacial score (nSPS) is 14.9. The molecule has 1 aromatic carbocycles. The Kier molecular flexibility index (Phi) is 5.87. The van der Waals surface area contributed by atoms with E-state index in [0.29, 0.717) is 17.9 Å². The summed E-state index contributed by atoms with van der Waals surface area (Å²) in [6, 6.07) is 3.70. The average molecular weight is 289 g/mol. The molecule has 0 aliphatic rings. The van der Waals surface area contributed by atoms with Gasteiger partial charge in [-0.25, -0.2) is 0 Å². The van der Waals surface area contributed by atoms with Crippen molar-refractivity contribution in [3.05, 3.63) is 29.3 Å². The first-order chi connectivity index (χ1) is 9.25. The van der Waals surface area contributed by atoms with Crippen LogP contribution in [0.2, 0.25) is 0 Å². The first kappa shape index (κ1) is 16.8. The average Bonchev–Trinajstić information content (AvgIpc) is 2.35. The highest BCUT2D eigenvalue weighted by molar-refractivity contribution is 5.40. The number of nitrogens with two attached hydrogens (primary N) is 1. The van der Waals surface area contributed by atoms with Gasteiger partial charge in [0.1, 0.15) is 5.75 Å². The van der Waals surface area contributed by atoms with Crippen LogP contribution < -0.4 is 10.5 Å². The first-order valence-corrected chi connectivity index (χ1v) is 6.85. The van der Waals surface area contributed by atoms with Crippen molar-refractivity contribution in [2.24, 2.45) is 5.73 Å². The van der Waals surface area contributed by atoms with E-state index in [2.05, 4.69) is 0 Å². The second kappa shape index (κ2) is 6.97. The molecule has 0 fully saturated rings. The molecule has 0 amide bonds. The maximum absolute atomic E-state index is 12.8. The van der Waals surface area contributed by atoms with Gasteiger partial charge in [-0.05, 0) is 56.4 Å². The third-order valence-corrected chi connectivity index (χ3v) is 3.22. The van der Waals surface area contributed by atoms with Crippen LogP contribution in [0.1, 0.15) is 50.7 Å². The minimum Gasteiger partial charge on any atom is -0.494 e. The third-order valence-electron chi connectivity index (χ3n) is 3.22. The van der Waals surface area contributed by atoms with Crippen LogP contribution in [0, 0.1) is 0 Å². The molecular formula is C15H22F3NO. The van der Waals surface area contributed by atoms with Crippen LogP contribution >= 0.6 is 0 Å². The Morgan fingerprint density at radius 3 is 2.35 bits per heavy atom. The summed E-state index contributed by atoms with van der Waals surface area (Å²) in [5.74, 6) is 0.502. The third kappa shape index (κ3) is 4.71. The van der Waals surface area contributed by atoms with Crippen LogP contribution in [0.15, 0.2) is 18.2 Å². The predicted molar refractivity (Wildman–Crippen MR) is 73.9 cm³/mol. The number of rotatable bonds is 6.